The Morgan fingerprint density at radius 1 is 1.42 bits per heavy atom. The fourth-order valence-corrected chi connectivity index (χ4v) is 4.01. The highest BCUT2D eigenvalue weighted by Gasteiger charge is 2.13. The van der Waals surface area contributed by atoms with Gasteiger partial charge in [-0.25, -0.2) is 13.1 Å². The van der Waals surface area contributed by atoms with Crippen LogP contribution in [0.4, 0.5) is 5.69 Å². The molecule has 0 fully saturated rings. The van der Waals surface area contributed by atoms with Crippen LogP contribution in [0, 0.1) is 12.3 Å². The van der Waals surface area contributed by atoms with Gasteiger partial charge in [0.15, 0.2) is 0 Å². The molecule has 0 aliphatic heterocycles. The maximum absolute atomic E-state index is 11.7. The maximum atomic E-state index is 11.7. The van der Waals surface area contributed by atoms with E-state index in [1.165, 1.54) is 11.8 Å². The fourth-order valence-electron chi connectivity index (χ4n) is 1.42. The molecule has 0 aromatic heterocycles. The molecule has 0 heterocycles. The number of benzene rings is 1. The predicted molar refractivity (Wildman–Crippen MR) is 81.4 cm³/mol. The molecule has 19 heavy (non-hydrogen) atoms. The van der Waals surface area contributed by atoms with Crippen molar-refractivity contribution in [3.05, 3.63) is 24.3 Å². The first-order valence-corrected chi connectivity index (χ1v) is 8.48. The number of thioether (sulfide) groups is 1. The lowest BCUT2D eigenvalue weighted by Crippen LogP contribution is -2.34. The molecule has 0 spiro atoms. The average Bonchev–Trinajstić information content (AvgIpc) is 2.31. The summed E-state index contributed by atoms with van der Waals surface area (Å²) in [6.45, 7) is 1.75. The summed E-state index contributed by atoms with van der Waals surface area (Å²) < 4.78 is 26.0. The lowest BCUT2D eigenvalue weighted by Gasteiger charge is -2.11. The molecular weight excluding hydrogens is 280 g/mol. The van der Waals surface area contributed by atoms with Gasteiger partial charge in [-0.05, 0) is 31.2 Å². The van der Waals surface area contributed by atoms with Crippen LogP contribution in [-0.2, 0) is 10.0 Å². The van der Waals surface area contributed by atoms with Gasteiger partial charge in [-0.2, -0.15) is 0 Å². The highest BCUT2D eigenvalue weighted by molar-refractivity contribution is 8.00. The van der Waals surface area contributed by atoms with Crippen molar-refractivity contribution in [1.82, 2.24) is 4.72 Å². The Balaban J connectivity index is 2.39. The highest BCUT2D eigenvalue weighted by Crippen LogP contribution is 2.19. The second-order valence-corrected chi connectivity index (χ2v) is 7.21. The number of hydrogen-bond donors (Lipinski definition) is 2. The number of nitrogens with two attached hydrogens (primary N) is 1. The molecular formula is C13H18N2O2S2. The van der Waals surface area contributed by atoms with Gasteiger partial charge < -0.3 is 5.73 Å². The summed E-state index contributed by atoms with van der Waals surface area (Å²) in [5.74, 6) is 2.99. The van der Waals surface area contributed by atoms with Crippen LogP contribution in [0.25, 0.3) is 0 Å². The van der Waals surface area contributed by atoms with E-state index in [1.54, 1.807) is 19.1 Å². The van der Waals surface area contributed by atoms with Gasteiger partial charge >= 0.3 is 0 Å². The third-order valence-corrected chi connectivity index (χ3v) is 5.08. The molecule has 104 valence electrons. The van der Waals surface area contributed by atoms with E-state index in [2.05, 4.69) is 10.6 Å². The minimum absolute atomic E-state index is 0.0664. The van der Waals surface area contributed by atoms with E-state index in [-0.39, 0.29) is 11.8 Å². The smallest absolute Gasteiger partial charge is 0.212 e. The van der Waals surface area contributed by atoms with Crippen LogP contribution >= 0.6 is 11.8 Å². The lowest BCUT2D eigenvalue weighted by atomic mass is 10.3. The third kappa shape index (κ3) is 6.53. The van der Waals surface area contributed by atoms with Crippen molar-refractivity contribution < 1.29 is 8.42 Å². The summed E-state index contributed by atoms with van der Waals surface area (Å²) in [6.07, 6.45) is 5.53. The standard InChI is InChI=1S/C13H18N2O2S2/c1-3-4-11(2)15-19(16,17)10-9-18-13-7-5-12(14)6-8-13/h1,5-8,11,15H,4,9-10,14H2,2H3. The third-order valence-electron chi connectivity index (χ3n) is 2.31. The number of hydrogen-bond acceptors (Lipinski definition) is 4. The van der Waals surface area contributed by atoms with Crippen molar-refractivity contribution >= 4 is 27.5 Å². The van der Waals surface area contributed by atoms with E-state index in [1.807, 2.05) is 12.1 Å². The largest absolute Gasteiger partial charge is 0.399 e. The molecule has 6 heteroatoms. The average molecular weight is 298 g/mol. The molecule has 1 aromatic rings. The molecule has 0 aliphatic rings. The minimum atomic E-state index is -3.27. The number of nitrogens with one attached hydrogen (secondary N) is 1. The summed E-state index contributed by atoms with van der Waals surface area (Å²) in [5.41, 5.74) is 6.27. The van der Waals surface area contributed by atoms with E-state index in [4.69, 9.17) is 12.2 Å². The molecule has 1 aromatic carbocycles. The van der Waals surface area contributed by atoms with Gasteiger partial charge in [-0.1, -0.05) is 0 Å². The number of rotatable bonds is 7. The zero-order chi connectivity index (χ0) is 14.3. The lowest BCUT2D eigenvalue weighted by molar-refractivity contribution is 0.565. The number of terminal acetylenes is 1. The second kappa shape index (κ2) is 7.43. The Hall–Kier alpha value is -1.16. The van der Waals surface area contributed by atoms with Crippen molar-refractivity contribution in [2.45, 2.75) is 24.3 Å². The molecule has 1 atom stereocenters. The molecule has 0 saturated heterocycles. The van der Waals surface area contributed by atoms with E-state index >= 15 is 0 Å². The van der Waals surface area contributed by atoms with Crippen LogP contribution in [0.2, 0.25) is 0 Å². The van der Waals surface area contributed by atoms with Gasteiger partial charge in [0.1, 0.15) is 0 Å². The van der Waals surface area contributed by atoms with Crippen molar-refractivity contribution in [2.75, 3.05) is 17.2 Å². The molecule has 0 radical (unpaired) electrons. The molecule has 1 rings (SSSR count). The summed E-state index contributed by atoms with van der Waals surface area (Å²) in [7, 11) is -3.27. The number of nitrogen functional groups attached to an aromatic ring is 1. The van der Waals surface area contributed by atoms with Crippen LogP contribution in [0.5, 0.6) is 0 Å². The molecule has 1 unspecified atom stereocenters. The minimum Gasteiger partial charge on any atom is -0.399 e. The van der Waals surface area contributed by atoms with Gasteiger partial charge in [-0.3, -0.25) is 0 Å². The first-order chi connectivity index (χ1) is 8.93. The fraction of sp³-hybridized carbons (Fsp3) is 0.385. The van der Waals surface area contributed by atoms with E-state index in [9.17, 15) is 8.42 Å². The van der Waals surface area contributed by atoms with Crippen LogP contribution in [0.3, 0.4) is 0 Å². The van der Waals surface area contributed by atoms with Crippen LogP contribution in [0.1, 0.15) is 13.3 Å². The summed E-state index contributed by atoms with van der Waals surface area (Å²) in [4.78, 5) is 1.00. The Morgan fingerprint density at radius 3 is 2.63 bits per heavy atom. The van der Waals surface area contributed by atoms with Crippen molar-refractivity contribution in [1.29, 1.82) is 0 Å². The summed E-state index contributed by atoms with van der Waals surface area (Å²) >= 11 is 1.48. The summed E-state index contributed by atoms with van der Waals surface area (Å²) in [6, 6.07) is 7.12. The van der Waals surface area contributed by atoms with Crippen molar-refractivity contribution in [3.63, 3.8) is 0 Å². The normalized spacial score (nSPS) is 12.8. The summed E-state index contributed by atoms with van der Waals surface area (Å²) in [5, 5.41) is 0. The zero-order valence-corrected chi connectivity index (χ0v) is 12.4. The molecule has 0 amide bonds. The van der Waals surface area contributed by atoms with Crippen molar-refractivity contribution in [3.8, 4) is 12.3 Å². The number of anilines is 1. The highest BCUT2D eigenvalue weighted by atomic mass is 32.2. The Bertz CT molecular complexity index is 533. The Kier molecular flexibility index (Phi) is 6.22. The maximum Gasteiger partial charge on any atom is 0.212 e. The predicted octanol–water partition coefficient (Wildman–Crippen LogP) is 1.69. The van der Waals surface area contributed by atoms with E-state index in [0.29, 0.717) is 17.9 Å². The van der Waals surface area contributed by atoms with Gasteiger partial charge in [-0.15, -0.1) is 24.1 Å². The molecule has 0 bridgehead atoms. The van der Waals surface area contributed by atoms with Gasteiger partial charge in [0.25, 0.3) is 0 Å². The van der Waals surface area contributed by atoms with Crippen molar-refractivity contribution in [2.24, 2.45) is 0 Å². The Labute approximate surface area is 119 Å². The molecule has 0 aliphatic carbocycles. The first kappa shape index (κ1) is 15.9. The Morgan fingerprint density at radius 2 is 2.05 bits per heavy atom. The van der Waals surface area contributed by atoms with Crippen LogP contribution in [-0.4, -0.2) is 26.0 Å². The second-order valence-electron chi connectivity index (χ2n) is 4.16. The van der Waals surface area contributed by atoms with Gasteiger partial charge in [0.2, 0.25) is 10.0 Å². The SMILES string of the molecule is C#CCC(C)NS(=O)(=O)CCSc1ccc(N)cc1. The van der Waals surface area contributed by atoms with E-state index < -0.39 is 10.0 Å². The number of sulfonamides is 1. The molecule has 4 nitrogen and oxygen atoms in total. The first-order valence-electron chi connectivity index (χ1n) is 5.85. The zero-order valence-electron chi connectivity index (χ0n) is 10.8. The topological polar surface area (TPSA) is 72.2 Å². The molecule has 3 N–H and O–H groups in total. The monoisotopic (exact) mass is 298 g/mol. The van der Waals surface area contributed by atoms with Gasteiger partial charge in [0.05, 0.1) is 5.75 Å². The van der Waals surface area contributed by atoms with E-state index in [0.717, 1.165) is 4.90 Å². The van der Waals surface area contributed by atoms with Crippen LogP contribution < -0.4 is 10.5 Å². The van der Waals surface area contributed by atoms with Crippen LogP contribution in [0.15, 0.2) is 29.2 Å². The van der Waals surface area contributed by atoms with Gasteiger partial charge in [0, 0.05) is 28.8 Å². The molecule has 0 saturated carbocycles. The quantitative estimate of drug-likeness (QED) is 0.456.